The topological polar surface area (TPSA) is 55.8 Å². The zero-order valence-corrected chi connectivity index (χ0v) is 12.4. The summed E-state index contributed by atoms with van der Waals surface area (Å²) >= 11 is 0. The average molecular weight is 304 g/mol. The van der Waals surface area contributed by atoms with Gasteiger partial charge in [-0.1, -0.05) is 18.2 Å². The number of carbonyl (C=O) groups excluding carboxylic acids is 1. The summed E-state index contributed by atoms with van der Waals surface area (Å²) in [5.41, 5.74) is 0.667. The molecule has 0 aromatic heterocycles. The van der Waals surface area contributed by atoms with E-state index >= 15 is 0 Å². The van der Waals surface area contributed by atoms with Crippen LogP contribution < -0.4 is 9.47 Å². The van der Waals surface area contributed by atoms with Crippen LogP contribution in [0.2, 0.25) is 0 Å². The normalized spacial score (nSPS) is 11.8. The van der Waals surface area contributed by atoms with Gasteiger partial charge in [-0.25, -0.2) is 4.39 Å². The van der Waals surface area contributed by atoms with Crippen LogP contribution in [0, 0.1) is 5.82 Å². The lowest BCUT2D eigenvalue weighted by Gasteiger charge is -2.15. The predicted molar refractivity (Wildman–Crippen MR) is 79.9 cm³/mol. The van der Waals surface area contributed by atoms with Crippen LogP contribution in [0.25, 0.3) is 0 Å². The van der Waals surface area contributed by atoms with E-state index in [9.17, 15) is 14.3 Å². The van der Waals surface area contributed by atoms with Gasteiger partial charge in [-0.3, -0.25) is 4.79 Å². The van der Waals surface area contributed by atoms with Crippen molar-refractivity contribution in [2.75, 3.05) is 13.7 Å². The quantitative estimate of drug-likeness (QED) is 0.833. The first-order valence-corrected chi connectivity index (χ1v) is 6.77. The summed E-state index contributed by atoms with van der Waals surface area (Å²) in [7, 11) is 1.46. The van der Waals surface area contributed by atoms with Crippen molar-refractivity contribution < 1.29 is 23.8 Å². The SMILES string of the molecule is COc1cc(C(C)=O)ccc1OC[C@@H](O)c1ccccc1F. The number of Topliss-reactive ketones (excluding diaryl/α,β-unsaturated/α-hetero) is 1. The molecule has 0 aliphatic rings. The largest absolute Gasteiger partial charge is 0.493 e. The highest BCUT2D eigenvalue weighted by atomic mass is 19.1. The second-order valence-corrected chi connectivity index (χ2v) is 4.77. The number of hydrogen-bond donors (Lipinski definition) is 1. The fourth-order valence-corrected chi connectivity index (χ4v) is 2.01. The third-order valence-corrected chi connectivity index (χ3v) is 3.23. The molecule has 2 aromatic carbocycles. The summed E-state index contributed by atoms with van der Waals surface area (Å²) in [4.78, 5) is 11.3. The highest BCUT2D eigenvalue weighted by Gasteiger charge is 2.15. The number of halogens is 1. The number of carbonyl (C=O) groups is 1. The lowest BCUT2D eigenvalue weighted by atomic mass is 10.1. The van der Waals surface area contributed by atoms with Crippen LogP contribution in [0.3, 0.4) is 0 Å². The van der Waals surface area contributed by atoms with Gasteiger partial charge in [0.05, 0.1) is 7.11 Å². The van der Waals surface area contributed by atoms with Crippen molar-refractivity contribution in [3.8, 4) is 11.5 Å². The van der Waals surface area contributed by atoms with Crippen LogP contribution in [-0.4, -0.2) is 24.6 Å². The molecule has 0 fully saturated rings. The first-order valence-electron chi connectivity index (χ1n) is 6.77. The number of ketones is 1. The van der Waals surface area contributed by atoms with E-state index < -0.39 is 11.9 Å². The Kier molecular flexibility index (Phi) is 5.12. The van der Waals surface area contributed by atoms with Crippen LogP contribution in [0.5, 0.6) is 11.5 Å². The highest BCUT2D eigenvalue weighted by molar-refractivity contribution is 5.94. The molecule has 0 amide bonds. The van der Waals surface area contributed by atoms with Gasteiger partial charge in [0.1, 0.15) is 18.5 Å². The van der Waals surface area contributed by atoms with Crippen molar-refractivity contribution in [1.82, 2.24) is 0 Å². The second-order valence-electron chi connectivity index (χ2n) is 4.77. The van der Waals surface area contributed by atoms with Gasteiger partial charge in [0.2, 0.25) is 0 Å². The number of rotatable bonds is 6. The Bertz CT molecular complexity index is 669. The van der Waals surface area contributed by atoms with E-state index in [1.807, 2.05) is 0 Å². The molecule has 0 spiro atoms. The maximum Gasteiger partial charge on any atom is 0.161 e. The average Bonchev–Trinajstić information content (AvgIpc) is 2.52. The summed E-state index contributed by atoms with van der Waals surface area (Å²) < 4.78 is 24.2. The standard InChI is InChI=1S/C17H17FO4/c1-11(19)12-7-8-16(17(9-12)21-2)22-10-15(20)13-5-3-4-6-14(13)18/h3-9,15,20H,10H2,1-2H3/t15-/m1/s1. The number of hydrogen-bond acceptors (Lipinski definition) is 4. The van der Waals surface area contributed by atoms with Crippen molar-refractivity contribution in [1.29, 1.82) is 0 Å². The number of aliphatic hydroxyl groups excluding tert-OH is 1. The number of aliphatic hydroxyl groups is 1. The molecule has 1 N–H and O–H groups in total. The molecule has 4 nitrogen and oxygen atoms in total. The fourth-order valence-electron chi connectivity index (χ4n) is 2.01. The second kappa shape index (κ2) is 7.04. The third-order valence-electron chi connectivity index (χ3n) is 3.23. The van der Waals surface area contributed by atoms with Gasteiger partial charge in [0, 0.05) is 11.1 Å². The molecule has 0 aliphatic carbocycles. The summed E-state index contributed by atoms with van der Waals surface area (Å²) in [5, 5.41) is 10.0. The first-order chi connectivity index (χ1) is 10.5. The molecule has 116 valence electrons. The zero-order chi connectivity index (χ0) is 16.1. The first kappa shape index (κ1) is 16.0. The van der Waals surface area contributed by atoms with Crippen molar-refractivity contribution >= 4 is 5.78 Å². The van der Waals surface area contributed by atoms with Crippen LogP contribution in [0.4, 0.5) is 4.39 Å². The molecule has 0 aliphatic heterocycles. The van der Waals surface area contributed by atoms with Gasteiger partial charge >= 0.3 is 0 Å². The van der Waals surface area contributed by atoms with E-state index in [0.29, 0.717) is 17.1 Å². The Morgan fingerprint density at radius 3 is 2.59 bits per heavy atom. The van der Waals surface area contributed by atoms with E-state index in [1.165, 1.54) is 26.2 Å². The summed E-state index contributed by atoms with van der Waals surface area (Å²) in [6.07, 6.45) is -1.10. The molecular weight excluding hydrogens is 287 g/mol. The Morgan fingerprint density at radius 1 is 1.23 bits per heavy atom. The van der Waals surface area contributed by atoms with E-state index in [1.54, 1.807) is 30.3 Å². The predicted octanol–water partition coefficient (Wildman–Crippen LogP) is 3.15. The van der Waals surface area contributed by atoms with Crippen LogP contribution in [-0.2, 0) is 0 Å². The van der Waals surface area contributed by atoms with Gasteiger partial charge in [0.25, 0.3) is 0 Å². The Morgan fingerprint density at radius 2 is 1.95 bits per heavy atom. The number of methoxy groups -OCH3 is 1. The van der Waals surface area contributed by atoms with E-state index in [0.717, 1.165) is 0 Å². The van der Waals surface area contributed by atoms with Gasteiger partial charge in [-0.2, -0.15) is 0 Å². The lowest BCUT2D eigenvalue weighted by molar-refractivity contribution is 0.101. The van der Waals surface area contributed by atoms with Crippen molar-refractivity contribution in [3.63, 3.8) is 0 Å². The summed E-state index contributed by atoms with van der Waals surface area (Å²) in [6, 6.07) is 10.7. The minimum atomic E-state index is -1.10. The Hall–Kier alpha value is -2.40. The van der Waals surface area contributed by atoms with E-state index in [2.05, 4.69) is 0 Å². The summed E-state index contributed by atoms with van der Waals surface area (Å²) in [6.45, 7) is 1.33. The molecular formula is C17H17FO4. The minimum Gasteiger partial charge on any atom is -0.493 e. The maximum atomic E-state index is 13.6. The number of ether oxygens (including phenoxy) is 2. The molecule has 2 aromatic rings. The molecule has 0 saturated carbocycles. The van der Waals surface area contributed by atoms with Crippen LogP contribution in [0.1, 0.15) is 28.9 Å². The van der Waals surface area contributed by atoms with E-state index in [-0.39, 0.29) is 18.0 Å². The monoisotopic (exact) mass is 304 g/mol. The van der Waals surface area contributed by atoms with Crippen molar-refractivity contribution in [2.45, 2.75) is 13.0 Å². The smallest absolute Gasteiger partial charge is 0.161 e. The van der Waals surface area contributed by atoms with Crippen LogP contribution in [0.15, 0.2) is 42.5 Å². The molecule has 5 heteroatoms. The van der Waals surface area contributed by atoms with Crippen molar-refractivity contribution in [2.24, 2.45) is 0 Å². The van der Waals surface area contributed by atoms with Crippen LogP contribution >= 0.6 is 0 Å². The molecule has 2 rings (SSSR count). The van der Waals surface area contributed by atoms with Gasteiger partial charge in [-0.15, -0.1) is 0 Å². The zero-order valence-electron chi connectivity index (χ0n) is 12.4. The van der Waals surface area contributed by atoms with E-state index in [4.69, 9.17) is 9.47 Å². The summed E-state index contributed by atoms with van der Waals surface area (Å²) in [5.74, 6) is 0.185. The van der Waals surface area contributed by atoms with Crippen molar-refractivity contribution in [3.05, 3.63) is 59.4 Å². The molecule has 0 radical (unpaired) electrons. The minimum absolute atomic E-state index is 0.0868. The van der Waals surface area contributed by atoms with Gasteiger partial charge in [-0.05, 0) is 31.2 Å². The van der Waals surface area contributed by atoms with Gasteiger partial charge < -0.3 is 14.6 Å². The fraction of sp³-hybridized carbons (Fsp3) is 0.235. The van der Waals surface area contributed by atoms with Gasteiger partial charge in [0.15, 0.2) is 17.3 Å². The Labute approximate surface area is 128 Å². The number of benzene rings is 2. The third kappa shape index (κ3) is 3.62. The molecule has 22 heavy (non-hydrogen) atoms. The maximum absolute atomic E-state index is 13.6. The highest BCUT2D eigenvalue weighted by Crippen LogP contribution is 2.29. The molecule has 0 saturated heterocycles. The molecule has 0 heterocycles. The lowest BCUT2D eigenvalue weighted by Crippen LogP contribution is -2.11. The Balaban J connectivity index is 2.11. The molecule has 1 atom stereocenters. The molecule has 0 bridgehead atoms. The molecule has 0 unspecified atom stereocenters.